The van der Waals surface area contributed by atoms with Crippen LogP contribution in [0.4, 0.5) is 0 Å². The Labute approximate surface area is 116 Å². The molecule has 0 radical (unpaired) electrons. The minimum atomic E-state index is 1.10. The molecule has 2 aromatic carbocycles. The Balaban J connectivity index is 1.87. The largest absolute Gasteiger partial charge is 0.320 e. The number of rotatable bonds is 7. The van der Waals surface area contributed by atoms with Crippen LogP contribution in [-0.4, -0.2) is 38.6 Å². The van der Waals surface area contributed by atoms with Gasteiger partial charge in [-0.1, -0.05) is 42.5 Å². The minimum absolute atomic E-state index is 1.10. The summed E-state index contributed by atoms with van der Waals surface area (Å²) in [6, 6.07) is 15.4. The van der Waals surface area contributed by atoms with Gasteiger partial charge in [-0.05, 0) is 56.4 Å². The van der Waals surface area contributed by atoms with Crippen LogP contribution in [0.2, 0.25) is 0 Å². The predicted molar refractivity (Wildman–Crippen MR) is 83.7 cm³/mol. The summed E-state index contributed by atoms with van der Waals surface area (Å²) in [4.78, 5) is 2.41. The number of nitrogens with one attached hydrogen (secondary N) is 1. The van der Waals surface area contributed by atoms with Crippen LogP contribution in [0.3, 0.4) is 0 Å². The molecule has 0 unspecified atom stereocenters. The third-order valence-electron chi connectivity index (χ3n) is 3.56. The summed E-state index contributed by atoms with van der Waals surface area (Å²) in [5.41, 5.74) is 1.43. The molecule has 19 heavy (non-hydrogen) atoms. The fourth-order valence-corrected chi connectivity index (χ4v) is 2.35. The van der Waals surface area contributed by atoms with E-state index in [1.807, 2.05) is 7.05 Å². The van der Waals surface area contributed by atoms with E-state index >= 15 is 0 Å². The van der Waals surface area contributed by atoms with Crippen molar-refractivity contribution in [3.05, 3.63) is 48.0 Å². The molecule has 0 spiro atoms. The lowest BCUT2D eigenvalue weighted by atomic mass is 10.1. The molecular weight excluding hydrogens is 232 g/mol. The van der Waals surface area contributed by atoms with Crippen molar-refractivity contribution >= 4 is 10.8 Å². The first-order valence-corrected chi connectivity index (χ1v) is 7.10. The zero-order valence-electron chi connectivity index (χ0n) is 12.0. The van der Waals surface area contributed by atoms with Crippen LogP contribution < -0.4 is 5.32 Å². The van der Waals surface area contributed by atoms with Crippen molar-refractivity contribution in [3.8, 4) is 0 Å². The molecule has 2 aromatic rings. The van der Waals surface area contributed by atoms with Crippen LogP contribution in [0.5, 0.6) is 0 Å². The fraction of sp³-hybridized carbons (Fsp3) is 0.412. The Hall–Kier alpha value is -1.38. The van der Waals surface area contributed by atoms with Gasteiger partial charge in [-0.3, -0.25) is 0 Å². The number of nitrogens with zero attached hydrogens (tertiary/aromatic N) is 1. The van der Waals surface area contributed by atoms with E-state index < -0.39 is 0 Å². The number of fused-ring (bicyclic) bond motifs is 1. The summed E-state index contributed by atoms with van der Waals surface area (Å²) in [7, 11) is 4.21. The minimum Gasteiger partial charge on any atom is -0.320 e. The second-order valence-electron chi connectivity index (χ2n) is 5.19. The van der Waals surface area contributed by atoms with E-state index in [9.17, 15) is 0 Å². The van der Waals surface area contributed by atoms with Gasteiger partial charge in [-0.15, -0.1) is 0 Å². The molecule has 0 aliphatic rings. The van der Waals surface area contributed by atoms with E-state index in [0.29, 0.717) is 0 Å². The van der Waals surface area contributed by atoms with Gasteiger partial charge in [-0.25, -0.2) is 0 Å². The average molecular weight is 256 g/mol. The van der Waals surface area contributed by atoms with Crippen molar-refractivity contribution in [1.82, 2.24) is 10.2 Å². The molecule has 0 fully saturated rings. The molecule has 2 nitrogen and oxygen atoms in total. The van der Waals surface area contributed by atoms with Crippen molar-refractivity contribution in [2.24, 2.45) is 0 Å². The Morgan fingerprint density at radius 2 is 1.79 bits per heavy atom. The highest BCUT2D eigenvalue weighted by Crippen LogP contribution is 2.16. The maximum absolute atomic E-state index is 3.19. The zero-order chi connectivity index (χ0) is 13.5. The number of hydrogen-bond acceptors (Lipinski definition) is 2. The maximum Gasteiger partial charge on any atom is 0.00188 e. The first-order chi connectivity index (χ1) is 9.29. The van der Waals surface area contributed by atoms with Crippen molar-refractivity contribution in [3.63, 3.8) is 0 Å². The molecule has 0 amide bonds. The highest BCUT2D eigenvalue weighted by atomic mass is 15.1. The van der Waals surface area contributed by atoms with E-state index in [0.717, 1.165) is 26.1 Å². The highest BCUT2D eigenvalue weighted by Gasteiger charge is 2.00. The molecule has 0 saturated carbocycles. The first kappa shape index (κ1) is 14.0. The average Bonchev–Trinajstić information content (AvgIpc) is 2.45. The number of hydrogen-bond donors (Lipinski definition) is 1. The topological polar surface area (TPSA) is 15.3 Å². The quantitative estimate of drug-likeness (QED) is 0.766. The molecule has 0 heterocycles. The summed E-state index contributed by atoms with van der Waals surface area (Å²) >= 11 is 0. The second kappa shape index (κ2) is 7.27. The van der Waals surface area contributed by atoms with Crippen LogP contribution in [0.25, 0.3) is 10.8 Å². The Kier molecular flexibility index (Phi) is 5.37. The van der Waals surface area contributed by atoms with Crippen molar-refractivity contribution in [1.29, 1.82) is 0 Å². The van der Waals surface area contributed by atoms with Gasteiger partial charge in [0.15, 0.2) is 0 Å². The zero-order valence-corrected chi connectivity index (χ0v) is 12.0. The third-order valence-corrected chi connectivity index (χ3v) is 3.56. The molecule has 0 atom stereocenters. The SMILES string of the molecule is CNCCCN(C)CCc1ccc2ccccc2c1. The van der Waals surface area contributed by atoms with Gasteiger partial charge >= 0.3 is 0 Å². The van der Waals surface area contributed by atoms with E-state index in [-0.39, 0.29) is 0 Å². The van der Waals surface area contributed by atoms with Crippen LogP contribution in [0, 0.1) is 0 Å². The van der Waals surface area contributed by atoms with Crippen LogP contribution in [0.1, 0.15) is 12.0 Å². The molecule has 0 bridgehead atoms. The predicted octanol–water partition coefficient (Wildman–Crippen LogP) is 2.92. The molecule has 0 saturated heterocycles. The summed E-state index contributed by atoms with van der Waals surface area (Å²) in [6.07, 6.45) is 2.34. The van der Waals surface area contributed by atoms with Gasteiger partial charge in [0.25, 0.3) is 0 Å². The molecule has 0 aliphatic carbocycles. The second-order valence-corrected chi connectivity index (χ2v) is 5.19. The number of likely N-dealkylation sites (N-methyl/N-ethyl adjacent to an activating group) is 1. The normalized spacial score (nSPS) is 11.3. The molecule has 2 rings (SSSR count). The summed E-state index contributed by atoms with van der Waals surface area (Å²) in [6.45, 7) is 3.39. The highest BCUT2D eigenvalue weighted by molar-refractivity contribution is 5.82. The van der Waals surface area contributed by atoms with E-state index in [4.69, 9.17) is 0 Å². The monoisotopic (exact) mass is 256 g/mol. The molecular formula is C17H24N2. The van der Waals surface area contributed by atoms with E-state index in [1.165, 1.54) is 22.8 Å². The van der Waals surface area contributed by atoms with E-state index in [1.54, 1.807) is 0 Å². The Morgan fingerprint density at radius 1 is 1.00 bits per heavy atom. The van der Waals surface area contributed by atoms with Gasteiger partial charge in [0, 0.05) is 6.54 Å². The Bertz CT molecular complexity index is 507. The molecule has 0 aromatic heterocycles. The molecule has 102 valence electrons. The van der Waals surface area contributed by atoms with Crippen molar-refractivity contribution in [2.45, 2.75) is 12.8 Å². The maximum atomic E-state index is 3.19. The summed E-state index contributed by atoms with van der Waals surface area (Å²) in [5.74, 6) is 0. The van der Waals surface area contributed by atoms with Gasteiger partial charge in [0.2, 0.25) is 0 Å². The lowest BCUT2D eigenvalue weighted by Gasteiger charge is -2.16. The van der Waals surface area contributed by atoms with E-state index in [2.05, 4.69) is 59.7 Å². The summed E-state index contributed by atoms with van der Waals surface area (Å²) < 4.78 is 0. The van der Waals surface area contributed by atoms with Gasteiger partial charge in [-0.2, -0.15) is 0 Å². The van der Waals surface area contributed by atoms with Crippen LogP contribution in [0.15, 0.2) is 42.5 Å². The molecule has 1 N–H and O–H groups in total. The van der Waals surface area contributed by atoms with Gasteiger partial charge in [0.05, 0.1) is 0 Å². The summed E-state index contributed by atoms with van der Waals surface area (Å²) in [5, 5.41) is 5.86. The van der Waals surface area contributed by atoms with Crippen LogP contribution in [-0.2, 0) is 6.42 Å². The fourth-order valence-electron chi connectivity index (χ4n) is 2.35. The smallest absolute Gasteiger partial charge is 0.00188 e. The molecule has 2 heteroatoms. The standard InChI is InChI=1S/C17H24N2/c1-18-11-5-12-19(2)13-10-15-8-9-16-6-3-4-7-17(16)14-15/h3-4,6-9,14,18H,5,10-13H2,1-2H3. The number of benzene rings is 2. The Morgan fingerprint density at radius 3 is 2.58 bits per heavy atom. The van der Waals surface area contributed by atoms with Crippen molar-refractivity contribution < 1.29 is 0 Å². The third kappa shape index (κ3) is 4.34. The molecule has 0 aliphatic heterocycles. The van der Waals surface area contributed by atoms with Gasteiger partial charge < -0.3 is 10.2 Å². The van der Waals surface area contributed by atoms with Gasteiger partial charge in [0.1, 0.15) is 0 Å². The van der Waals surface area contributed by atoms with Crippen LogP contribution >= 0.6 is 0 Å². The first-order valence-electron chi connectivity index (χ1n) is 7.10. The van der Waals surface area contributed by atoms with Crippen molar-refractivity contribution in [2.75, 3.05) is 33.7 Å². The lowest BCUT2D eigenvalue weighted by molar-refractivity contribution is 0.332. The lowest BCUT2D eigenvalue weighted by Crippen LogP contribution is -2.24.